The maximum absolute atomic E-state index is 5.43. The molecule has 0 N–H and O–H groups in total. The fourth-order valence-corrected chi connectivity index (χ4v) is 1.99. The molecular weight excluding hydrogens is 208 g/mol. The second-order valence-corrected chi connectivity index (χ2v) is 4.52. The summed E-state index contributed by atoms with van der Waals surface area (Å²) in [6.45, 7) is 6.61. The van der Waals surface area contributed by atoms with Gasteiger partial charge in [-0.05, 0) is 42.4 Å². The van der Waals surface area contributed by atoms with Crippen molar-refractivity contribution in [2.45, 2.75) is 40.0 Å². The van der Waals surface area contributed by atoms with E-state index < -0.39 is 0 Å². The summed E-state index contributed by atoms with van der Waals surface area (Å²) >= 11 is 0. The first kappa shape index (κ1) is 13.8. The summed E-state index contributed by atoms with van der Waals surface area (Å²) in [5, 5.41) is 0. The zero-order valence-electron chi connectivity index (χ0n) is 11.5. The van der Waals surface area contributed by atoms with Crippen LogP contribution >= 0.6 is 0 Å². The van der Waals surface area contributed by atoms with Crippen molar-refractivity contribution in [3.63, 3.8) is 0 Å². The number of methoxy groups -OCH3 is 1. The van der Waals surface area contributed by atoms with E-state index >= 15 is 0 Å². The molecule has 0 fully saturated rings. The smallest absolute Gasteiger partial charge is 0.122 e. The van der Waals surface area contributed by atoms with Gasteiger partial charge in [-0.1, -0.05) is 45.1 Å². The quantitative estimate of drug-likeness (QED) is 0.660. The van der Waals surface area contributed by atoms with Gasteiger partial charge in [0, 0.05) is 0 Å². The van der Waals surface area contributed by atoms with Crippen LogP contribution in [-0.4, -0.2) is 7.11 Å². The molecular formula is C16H24O. The first-order valence-corrected chi connectivity index (χ1v) is 6.53. The molecule has 0 bridgehead atoms. The van der Waals surface area contributed by atoms with Crippen LogP contribution in [0.25, 0.3) is 0 Å². The summed E-state index contributed by atoms with van der Waals surface area (Å²) in [6, 6.07) is 6.51. The lowest BCUT2D eigenvalue weighted by atomic mass is 9.97. The molecule has 17 heavy (non-hydrogen) atoms. The molecule has 1 nitrogen and oxygen atoms in total. The molecule has 0 aliphatic rings. The van der Waals surface area contributed by atoms with Crippen molar-refractivity contribution in [2.75, 3.05) is 7.11 Å². The van der Waals surface area contributed by atoms with Crippen LogP contribution in [0, 0.1) is 5.92 Å². The molecule has 0 aromatic heterocycles. The Balaban J connectivity index is 2.83. The van der Waals surface area contributed by atoms with E-state index in [0.29, 0.717) is 5.92 Å². The number of aryl methyl sites for hydroxylation is 1. The lowest BCUT2D eigenvalue weighted by molar-refractivity contribution is 0.407. The Morgan fingerprint density at radius 2 is 2.06 bits per heavy atom. The molecule has 0 spiro atoms. The highest BCUT2D eigenvalue weighted by atomic mass is 16.5. The molecule has 1 rings (SSSR count). The van der Waals surface area contributed by atoms with Crippen LogP contribution in [0.2, 0.25) is 0 Å². The third-order valence-corrected chi connectivity index (χ3v) is 3.00. The van der Waals surface area contributed by atoms with Crippen LogP contribution in [-0.2, 0) is 12.8 Å². The highest BCUT2D eigenvalue weighted by Gasteiger charge is 2.07. The van der Waals surface area contributed by atoms with Crippen LogP contribution in [0.1, 0.15) is 38.3 Å². The Morgan fingerprint density at radius 3 is 2.65 bits per heavy atom. The van der Waals surface area contributed by atoms with Crippen molar-refractivity contribution in [1.82, 2.24) is 0 Å². The molecule has 0 heterocycles. The third kappa shape index (κ3) is 4.26. The lowest BCUT2D eigenvalue weighted by Gasteiger charge is -2.12. The SMILES string of the molecule is CC/C=C\C(C)Cc1cc(CC)ccc1OC. The minimum absolute atomic E-state index is 0.566. The number of rotatable bonds is 6. The van der Waals surface area contributed by atoms with E-state index in [1.165, 1.54) is 11.1 Å². The fraction of sp³-hybridized carbons (Fsp3) is 0.500. The summed E-state index contributed by atoms with van der Waals surface area (Å²) in [4.78, 5) is 0. The number of benzene rings is 1. The molecule has 0 radical (unpaired) electrons. The third-order valence-electron chi connectivity index (χ3n) is 3.00. The van der Waals surface area contributed by atoms with E-state index in [9.17, 15) is 0 Å². The van der Waals surface area contributed by atoms with E-state index in [0.717, 1.165) is 25.0 Å². The van der Waals surface area contributed by atoms with Crippen LogP contribution in [0.4, 0.5) is 0 Å². The van der Waals surface area contributed by atoms with Gasteiger partial charge in [0.15, 0.2) is 0 Å². The molecule has 1 heteroatoms. The molecule has 1 atom stereocenters. The number of allylic oxidation sites excluding steroid dienone is 2. The maximum Gasteiger partial charge on any atom is 0.122 e. The van der Waals surface area contributed by atoms with Crippen LogP contribution < -0.4 is 4.74 Å². The summed E-state index contributed by atoms with van der Waals surface area (Å²) in [6.07, 6.45) is 7.76. The maximum atomic E-state index is 5.43. The van der Waals surface area contributed by atoms with E-state index in [2.05, 4.69) is 51.1 Å². The van der Waals surface area contributed by atoms with Crippen molar-refractivity contribution < 1.29 is 4.74 Å². The predicted molar refractivity (Wildman–Crippen MR) is 74.7 cm³/mol. The summed E-state index contributed by atoms with van der Waals surface area (Å²) in [5.41, 5.74) is 2.70. The molecule has 1 unspecified atom stereocenters. The topological polar surface area (TPSA) is 9.23 Å². The van der Waals surface area contributed by atoms with E-state index in [-0.39, 0.29) is 0 Å². The van der Waals surface area contributed by atoms with Crippen molar-refractivity contribution in [1.29, 1.82) is 0 Å². The Bertz CT molecular complexity index is 366. The van der Waals surface area contributed by atoms with Crippen molar-refractivity contribution in [3.8, 4) is 5.75 Å². The fourth-order valence-electron chi connectivity index (χ4n) is 1.99. The van der Waals surface area contributed by atoms with Crippen molar-refractivity contribution >= 4 is 0 Å². The zero-order chi connectivity index (χ0) is 12.7. The van der Waals surface area contributed by atoms with E-state index in [4.69, 9.17) is 4.74 Å². The normalized spacial score (nSPS) is 12.9. The molecule has 1 aromatic rings. The molecule has 0 saturated carbocycles. The Hall–Kier alpha value is -1.24. The minimum atomic E-state index is 0.566. The van der Waals surface area contributed by atoms with Crippen molar-refractivity contribution in [2.24, 2.45) is 5.92 Å². The van der Waals surface area contributed by atoms with Gasteiger partial charge in [0.25, 0.3) is 0 Å². The number of hydrogen-bond acceptors (Lipinski definition) is 1. The van der Waals surface area contributed by atoms with E-state index in [1.807, 2.05) is 0 Å². The van der Waals surface area contributed by atoms with Crippen LogP contribution in [0.5, 0.6) is 5.75 Å². The number of ether oxygens (including phenoxy) is 1. The van der Waals surface area contributed by atoms with Gasteiger partial charge in [-0.15, -0.1) is 0 Å². The molecule has 0 aliphatic heterocycles. The van der Waals surface area contributed by atoms with Gasteiger partial charge in [0.05, 0.1) is 7.11 Å². The molecule has 0 aliphatic carbocycles. The van der Waals surface area contributed by atoms with Crippen molar-refractivity contribution in [3.05, 3.63) is 41.5 Å². The average Bonchev–Trinajstić information content (AvgIpc) is 2.36. The molecule has 1 aromatic carbocycles. The molecule has 0 amide bonds. The van der Waals surface area contributed by atoms with Gasteiger partial charge in [-0.2, -0.15) is 0 Å². The lowest BCUT2D eigenvalue weighted by Crippen LogP contribution is -2.00. The second kappa shape index (κ2) is 7.16. The van der Waals surface area contributed by atoms with Gasteiger partial charge in [-0.3, -0.25) is 0 Å². The van der Waals surface area contributed by atoms with Gasteiger partial charge >= 0.3 is 0 Å². The number of hydrogen-bond donors (Lipinski definition) is 0. The summed E-state index contributed by atoms with van der Waals surface area (Å²) in [7, 11) is 1.75. The summed E-state index contributed by atoms with van der Waals surface area (Å²) in [5.74, 6) is 1.58. The van der Waals surface area contributed by atoms with Crippen LogP contribution in [0.15, 0.2) is 30.4 Å². The second-order valence-electron chi connectivity index (χ2n) is 4.52. The largest absolute Gasteiger partial charge is 0.496 e. The molecule has 94 valence electrons. The van der Waals surface area contributed by atoms with Gasteiger partial charge < -0.3 is 4.74 Å². The van der Waals surface area contributed by atoms with Gasteiger partial charge in [0.1, 0.15) is 5.75 Å². The first-order valence-electron chi connectivity index (χ1n) is 6.53. The van der Waals surface area contributed by atoms with Gasteiger partial charge in [0.2, 0.25) is 0 Å². The predicted octanol–water partition coefficient (Wildman–Crippen LogP) is 4.40. The Kier molecular flexibility index (Phi) is 5.82. The highest BCUT2D eigenvalue weighted by molar-refractivity contribution is 5.37. The molecule has 0 saturated heterocycles. The Morgan fingerprint density at radius 1 is 1.29 bits per heavy atom. The minimum Gasteiger partial charge on any atom is -0.496 e. The standard InChI is InChI=1S/C16H24O/c1-5-7-8-13(3)11-15-12-14(6-2)9-10-16(15)17-4/h7-10,12-13H,5-6,11H2,1-4H3/b8-7-. The van der Waals surface area contributed by atoms with Gasteiger partial charge in [-0.25, -0.2) is 0 Å². The highest BCUT2D eigenvalue weighted by Crippen LogP contribution is 2.23. The summed E-state index contributed by atoms with van der Waals surface area (Å²) < 4.78 is 5.43. The average molecular weight is 232 g/mol. The van der Waals surface area contributed by atoms with Crippen LogP contribution in [0.3, 0.4) is 0 Å². The zero-order valence-corrected chi connectivity index (χ0v) is 11.5. The monoisotopic (exact) mass is 232 g/mol. The van der Waals surface area contributed by atoms with E-state index in [1.54, 1.807) is 7.11 Å². The first-order chi connectivity index (χ1) is 8.21. The Labute approximate surface area is 106 Å².